The average Bonchev–Trinajstić information content (AvgIpc) is 2.71. The van der Waals surface area contributed by atoms with E-state index in [0.29, 0.717) is 0 Å². The second-order valence-corrected chi connectivity index (χ2v) is 4.82. The largest absolute Gasteiger partial charge is 0.468 e. The van der Waals surface area contributed by atoms with Gasteiger partial charge in [0.25, 0.3) is 5.95 Å². The van der Waals surface area contributed by atoms with Crippen LogP contribution in [-0.4, -0.2) is 38.4 Å². The van der Waals surface area contributed by atoms with Crippen molar-refractivity contribution in [3.8, 4) is 0 Å². The van der Waals surface area contributed by atoms with Crippen molar-refractivity contribution in [2.45, 2.75) is 19.4 Å². The monoisotopic (exact) mass is 256 g/mol. The first-order valence-corrected chi connectivity index (χ1v) is 5.64. The topological polar surface area (TPSA) is 71.1 Å². The maximum Gasteiger partial charge on any atom is 0.341 e. The summed E-state index contributed by atoms with van der Waals surface area (Å²) in [5, 5.41) is 0. The van der Waals surface area contributed by atoms with Crippen molar-refractivity contribution in [3.05, 3.63) is 11.5 Å². The zero-order valence-electron chi connectivity index (χ0n) is 10.8. The number of fused-ring (bicyclic) bond motifs is 1. The third-order valence-electron chi connectivity index (χ3n) is 3.43. The summed E-state index contributed by atoms with van der Waals surface area (Å²) in [5.74, 6) is -1.94. The maximum absolute atomic E-state index is 11.8. The van der Waals surface area contributed by atoms with Crippen LogP contribution in [0.2, 0.25) is 0 Å². The van der Waals surface area contributed by atoms with E-state index in [1.54, 1.807) is 0 Å². The molecule has 2 aliphatic rings. The number of esters is 2. The van der Waals surface area contributed by atoms with Gasteiger partial charge in [0.2, 0.25) is 0 Å². The van der Waals surface area contributed by atoms with Crippen LogP contribution in [-0.2, 0) is 28.5 Å². The minimum atomic E-state index is -0.684. The van der Waals surface area contributed by atoms with E-state index in [2.05, 4.69) is 4.74 Å². The second kappa shape index (κ2) is 4.19. The Bertz CT molecular complexity index is 422. The number of methoxy groups -OCH3 is 2. The Morgan fingerprint density at radius 3 is 2.61 bits per heavy atom. The number of cyclic esters (lactones) is 1. The number of carbonyl (C=O) groups is 2. The Kier molecular flexibility index (Phi) is 2.96. The van der Waals surface area contributed by atoms with Gasteiger partial charge in [0.05, 0.1) is 26.7 Å². The summed E-state index contributed by atoms with van der Waals surface area (Å²) in [6.07, 6.45) is 0. The van der Waals surface area contributed by atoms with Gasteiger partial charge in [-0.15, -0.1) is 0 Å². The predicted molar refractivity (Wildman–Crippen MR) is 59.2 cm³/mol. The van der Waals surface area contributed by atoms with Gasteiger partial charge in [-0.25, -0.2) is 4.79 Å². The molecule has 0 unspecified atom stereocenters. The summed E-state index contributed by atoms with van der Waals surface area (Å²) in [4.78, 5) is 23.6. The lowest BCUT2D eigenvalue weighted by atomic mass is 9.76. The van der Waals surface area contributed by atoms with Crippen molar-refractivity contribution in [2.75, 3.05) is 20.8 Å². The highest BCUT2D eigenvalue weighted by Gasteiger charge is 2.56. The van der Waals surface area contributed by atoms with Gasteiger partial charge >= 0.3 is 11.9 Å². The van der Waals surface area contributed by atoms with Crippen molar-refractivity contribution in [3.63, 3.8) is 0 Å². The van der Waals surface area contributed by atoms with E-state index in [-0.39, 0.29) is 24.0 Å². The molecule has 0 aromatic rings. The number of carbonyl (C=O) groups excluding carboxylic acids is 2. The van der Waals surface area contributed by atoms with Crippen LogP contribution in [0, 0.1) is 11.8 Å². The van der Waals surface area contributed by atoms with Crippen LogP contribution in [0.5, 0.6) is 0 Å². The molecule has 0 aromatic carbocycles. The predicted octanol–water partition coefficient (Wildman–Crippen LogP) is 0.615. The van der Waals surface area contributed by atoms with E-state index in [9.17, 15) is 9.59 Å². The van der Waals surface area contributed by atoms with Crippen molar-refractivity contribution in [1.82, 2.24) is 0 Å². The molecular formula is C12H16O6. The van der Waals surface area contributed by atoms with Crippen LogP contribution in [0.3, 0.4) is 0 Å². The number of rotatable bonds is 2. The van der Waals surface area contributed by atoms with Gasteiger partial charge in [-0.1, -0.05) is 0 Å². The fourth-order valence-corrected chi connectivity index (χ4v) is 2.41. The van der Waals surface area contributed by atoms with Gasteiger partial charge < -0.3 is 18.9 Å². The van der Waals surface area contributed by atoms with Gasteiger partial charge in [0, 0.05) is 0 Å². The molecule has 6 nitrogen and oxygen atoms in total. The molecule has 6 heteroatoms. The van der Waals surface area contributed by atoms with Gasteiger partial charge in [0.15, 0.2) is 0 Å². The zero-order valence-corrected chi connectivity index (χ0v) is 10.8. The highest BCUT2D eigenvalue weighted by atomic mass is 16.7. The van der Waals surface area contributed by atoms with Crippen molar-refractivity contribution < 1.29 is 28.5 Å². The SMILES string of the molecule is COC(=O)C1=C(OC)OC(C)(C)[C@H]2COC(=O)[C@@H]12. The standard InChI is InChI=1S/C12H16O6/c1-12(2)6-5-17-10(14)7(6)8(9(13)15-3)11(16-4)18-12/h6-7H,5H2,1-4H3/t6-,7+/m0/s1. The van der Waals surface area contributed by atoms with Crippen LogP contribution in [0.1, 0.15) is 13.8 Å². The van der Waals surface area contributed by atoms with Gasteiger partial charge in [-0.05, 0) is 13.8 Å². The summed E-state index contributed by atoms with van der Waals surface area (Å²) >= 11 is 0. The number of hydrogen-bond acceptors (Lipinski definition) is 6. The minimum absolute atomic E-state index is 0.0342. The van der Waals surface area contributed by atoms with E-state index in [4.69, 9.17) is 14.2 Å². The quantitative estimate of drug-likeness (QED) is 0.674. The Morgan fingerprint density at radius 2 is 2.06 bits per heavy atom. The molecule has 0 radical (unpaired) electrons. The fraction of sp³-hybridized carbons (Fsp3) is 0.667. The normalized spacial score (nSPS) is 29.2. The van der Waals surface area contributed by atoms with Crippen LogP contribution < -0.4 is 0 Å². The molecule has 0 bridgehead atoms. The first kappa shape index (κ1) is 12.7. The van der Waals surface area contributed by atoms with Crippen molar-refractivity contribution >= 4 is 11.9 Å². The molecule has 2 aliphatic heterocycles. The Balaban J connectivity index is 2.52. The molecule has 2 atom stereocenters. The van der Waals surface area contributed by atoms with Crippen LogP contribution >= 0.6 is 0 Å². The summed E-state index contributed by atoms with van der Waals surface area (Å²) in [6.45, 7) is 3.90. The van der Waals surface area contributed by atoms with Crippen molar-refractivity contribution in [1.29, 1.82) is 0 Å². The van der Waals surface area contributed by atoms with Crippen molar-refractivity contribution in [2.24, 2.45) is 11.8 Å². The molecule has 2 rings (SSSR count). The smallest absolute Gasteiger partial charge is 0.341 e. The molecule has 2 heterocycles. The third kappa shape index (κ3) is 1.72. The zero-order chi connectivity index (χ0) is 13.5. The molecule has 0 spiro atoms. The fourth-order valence-electron chi connectivity index (χ4n) is 2.41. The van der Waals surface area contributed by atoms with Gasteiger partial charge in [-0.3, -0.25) is 4.79 Å². The number of hydrogen-bond donors (Lipinski definition) is 0. The van der Waals surface area contributed by atoms with E-state index < -0.39 is 23.5 Å². The molecular weight excluding hydrogens is 240 g/mol. The summed E-state index contributed by atoms with van der Waals surface area (Å²) < 4.78 is 20.4. The van der Waals surface area contributed by atoms with E-state index >= 15 is 0 Å². The molecule has 0 saturated carbocycles. The van der Waals surface area contributed by atoms with Crippen LogP contribution in [0.4, 0.5) is 0 Å². The van der Waals surface area contributed by atoms with Gasteiger partial charge in [-0.2, -0.15) is 0 Å². The molecule has 0 N–H and O–H groups in total. The Hall–Kier alpha value is -1.72. The lowest BCUT2D eigenvalue weighted by Gasteiger charge is -2.38. The summed E-state index contributed by atoms with van der Waals surface area (Å²) in [5.41, 5.74) is -0.536. The van der Waals surface area contributed by atoms with Crippen LogP contribution in [0.15, 0.2) is 11.5 Å². The van der Waals surface area contributed by atoms with E-state index in [0.717, 1.165) is 0 Å². The first-order chi connectivity index (χ1) is 8.42. The van der Waals surface area contributed by atoms with E-state index in [1.807, 2.05) is 13.8 Å². The first-order valence-electron chi connectivity index (χ1n) is 5.64. The maximum atomic E-state index is 11.8. The average molecular weight is 256 g/mol. The summed E-state index contributed by atoms with van der Waals surface area (Å²) in [7, 11) is 2.63. The molecule has 1 fully saturated rings. The Labute approximate surface area is 105 Å². The molecule has 18 heavy (non-hydrogen) atoms. The number of ether oxygens (including phenoxy) is 4. The molecule has 0 aliphatic carbocycles. The minimum Gasteiger partial charge on any atom is -0.468 e. The van der Waals surface area contributed by atoms with E-state index in [1.165, 1.54) is 14.2 Å². The highest BCUT2D eigenvalue weighted by molar-refractivity contribution is 5.97. The van der Waals surface area contributed by atoms with Gasteiger partial charge in [0.1, 0.15) is 17.1 Å². The van der Waals surface area contributed by atoms with Crippen LogP contribution in [0.25, 0.3) is 0 Å². The molecule has 0 aromatic heterocycles. The molecule has 0 amide bonds. The third-order valence-corrected chi connectivity index (χ3v) is 3.43. The Morgan fingerprint density at radius 1 is 1.39 bits per heavy atom. The lowest BCUT2D eigenvalue weighted by molar-refractivity contribution is -0.149. The lowest BCUT2D eigenvalue weighted by Crippen LogP contribution is -2.45. The molecule has 1 saturated heterocycles. The summed E-state index contributed by atoms with van der Waals surface area (Å²) in [6, 6.07) is 0. The second-order valence-electron chi connectivity index (χ2n) is 4.82. The highest BCUT2D eigenvalue weighted by Crippen LogP contribution is 2.45. The molecule has 100 valence electrons.